The zero-order valence-electron chi connectivity index (χ0n) is 11.0. The third-order valence-corrected chi connectivity index (χ3v) is 2.80. The molecule has 2 aromatic rings. The molecule has 0 spiro atoms. The minimum Gasteiger partial charge on any atom is -0.494 e. The van der Waals surface area contributed by atoms with E-state index < -0.39 is 11.8 Å². The predicted molar refractivity (Wildman–Crippen MR) is 70.7 cm³/mol. The van der Waals surface area contributed by atoms with Crippen molar-refractivity contribution in [2.75, 3.05) is 12.4 Å². The number of anilines is 1. The highest BCUT2D eigenvalue weighted by Crippen LogP contribution is 2.25. The van der Waals surface area contributed by atoms with Crippen molar-refractivity contribution in [1.29, 1.82) is 0 Å². The van der Waals surface area contributed by atoms with Gasteiger partial charge in [0.05, 0.1) is 13.2 Å². The molecular formula is C14H14FNO4. The molecule has 1 unspecified atom stereocenters. The number of rotatable bonds is 5. The molecule has 0 aliphatic carbocycles. The van der Waals surface area contributed by atoms with Crippen LogP contribution in [0, 0.1) is 5.82 Å². The molecule has 1 aromatic heterocycles. The summed E-state index contributed by atoms with van der Waals surface area (Å²) >= 11 is 0. The summed E-state index contributed by atoms with van der Waals surface area (Å²) in [7, 11) is 1.39. The molecule has 0 radical (unpaired) electrons. The van der Waals surface area contributed by atoms with Gasteiger partial charge < -0.3 is 19.6 Å². The van der Waals surface area contributed by atoms with Crippen LogP contribution in [0.3, 0.4) is 0 Å². The molecular weight excluding hydrogens is 265 g/mol. The molecule has 0 aliphatic rings. The van der Waals surface area contributed by atoms with Crippen molar-refractivity contribution in [3.8, 4) is 5.75 Å². The maximum atomic E-state index is 13.5. The summed E-state index contributed by atoms with van der Waals surface area (Å²) in [4.78, 5) is 10.7. The van der Waals surface area contributed by atoms with E-state index in [4.69, 9.17) is 14.3 Å². The van der Waals surface area contributed by atoms with E-state index in [9.17, 15) is 9.18 Å². The molecule has 2 N–H and O–H groups in total. The van der Waals surface area contributed by atoms with E-state index in [-0.39, 0.29) is 17.6 Å². The van der Waals surface area contributed by atoms with E-state index in [1.54, 1.807) is 19.1 Å². The van der Waals surface area contributed by atoms with Crippen LogP contribution in [0.1, 0.15) is 29.3 Å². The molecule has 0 bridgehead atoms. The summed E-state index contributed by atoms with van der Waals surface area (Å²) < 4.78 is 23.6. The van der Waals surface area contributed by atoms with Crippen LogP contribution in [0.25, 0.3) is 0 Å². The predicted octanol–water partition coefficient (Wildman–Crippen LogP) is 3.30. The minimum atomic E-state index is -1.13. The van der Waals surface area contributed by atoms with Crippen molar-refractivity contribution >= 4 is 11.7 Å². The Labute approximate surface area is 115 Å². The second-order valence-electron chi connectivity index (χ2n) is 4.22. The number of ether oxygens (including phenoxy) is 1. The van der Waals surface area contributed by atoms with Crippen LogP contribution in [-0.2, 0) is 0 Å². The van der Waals surface area contributed by atoms with E-state index >= 15 is 0 Å². The Hall–Kier alpha value is -2.50. The average Bonchev–Trinajstić information content (AvgIpc) is 2.88. The van der Waals surface area contributed by atoms with Crippen LogP contribution in [0.5, 0.6) is 5.75 Å². The van der Waals surface area contributed by atoms with Crippen LogP contribution in [0.15, 0.2) is 34.7 Å². The Morgan fingerprint density at radius 3 is 2.70 bits per heavy atom. The maximum absolute atomic E-state index is 13.5. The molecule has 1 aromatic carbocycles. The van der Waals surface area contributed by atoms with E-state index in [2.05, 4.69) is 5.32 Å². The summed E-state index contributed by atoms with van der Waals surface area (Å²) in [5, 5.41) is 11.8. The van der Waals surface area contributed by atoms with Gasteiger partial charge in [0, 0.05) is 11.8 Å². The molecule has 106 valence electrons. The average molecular weight is 279 g/mol. The van der Waals surface area contributed by atoms with Crippen LogP contribution >= 0.6 is 0 Å². The fraction of sp³-hybridized carbons (Fsp3) is 0.214. The van der Waals surface area contributed by atoms with Crippen molar-refractivity contribution in [2.24, 2.45) is 0 Å². The number of hydrogen-bond acceptors (Lipinski definition) is 4. The van der Waals surface area contributed by atoms with Crippen molar-refractivity contribution in [3.63, 3.8) is 0 Å². The monoisotopic (exact) mass is 279 g/mol. The number of hydrogen-bond donors (Lipinski definition) is 2. The van der Waals surface area contributed by atoms with Crippen molar-refractivity contribution < 1.29 is 23.4 Å². The summed E-state index contributed by atoms with van der Waals surface area (Å²) in [5.41, 5.74) is 0.545. The van der Waals surface area contributed by atoms with Gasteiger partial charge in [0.25, 0.3) is 0 Å². The van der Waals surface area contributed by atoms with Crippen LogP contribution in [0.4, 0.5) is 10.1 Å². The van der Waals surface area contributed by atoms with Crippen LogP contribution in [0.2, 0.25) is 0 Å². The Kier molecular flexibility index (Phi) is 3.93. The van der Waals surface area contributed by atoms with Crippen molar-refractivity contribution in [3.05, 3.63) is 47.7 Å². The lowest BCUT2D eigenvalue weighted by Gasteiger charge is -2.13. The number of aromatic carboxylic acids is 1. The number of nitrogens with one attached hydrogen (secondary N) is 1. The Morgan fingerprint density at radius 2 is 2.15 bits per heavy atom. The fourth-order valence-electron chi connectivity index (χ4n) is 1.78. The summed E-state index contributed by atoms with van der Waals surface area (Å²) in [6.45, 7) is 1.78. The van der Waals surface area contributed by atoms with Gasteiger partial charge in [-0.25, -0.2) is 9.18 Å². The highest BCUT2D eigenvalue weighted by Gasteiger charge is 2.14. The van der Waals surface area contributed by atoms with E-state index in [0.717, 1.165) is 0 Å². The molecule has 0 saturated carbocycles. The largest absolute Gasteiger partial charge is 0.494 e. The first-order chi connectivity index (χ1) is 9.51. The smallest absolute Gasteiger partial charge is 0.371 e. The Morgan fingerprint density at radius 1 is 1.40 bits per heavy atom. The van der Waals surface area contributed by atoms with Crippen molar-refractivity contribution in [2.45, 2.75) is 13.0 Å². The van der Waals surface area contributed by atoms with Crippen LogP contribution in [-0.4, -0.2) is 18.2 Å². The number of furan rings is 1. The number of methoxy groups -OCH3 is 1. The lowest BCUT2D eigenvalue weighted by molar-refractivity contribution is 0.0660. The van der Waals surface area contributed by atoms with Gasteiger partial charge in [-0.1, -0.05) is 0 Å². The topological polar surface area (TPSA) is 71.7 Å². The lowest BCUT2D eigenvalue weighted by atomic mass is 10.2. The summed E-state index contributed by atoms with van der Waals surface area (Å²) in [6, 6.07) is 7.13. The quantitative estimate of drug-likeness (QED) is 0.878. The second kappa shape index (κ2) is 5.64. The molecule has 2 rings (SSSR count). The molecule has 1 heterocycles. The summed E-state index contributed by atoms with van der Waals surface area (Å²) in [6.07, 6.45) is 0. The van der Waals surface area contributed by atoms with E-state index in [0.29, 0.717) is 11.4 Å². The van der Waals surface area contributed by atoms with Gasteiger partial charge in [0.1, 0.15) is 5.76 Å². The van der Waals surface area contributed by atoms with E-state index in [1.165, 1.54) is 25.3 Å². The minimum absolute atomic E-state index is 0.130. The molecule has 6 heteroatoms. The highest BCUT2D eigenvalue weighted by atomic mass is 19.1. The third-order valence-electron chi connectivity index (χ3n) is 2.80. The van der Waals surface area contributed by atoms with Gasteiger partial charge in [0.15, 0.2) is 11.6 Å². The van der Waals surface area contributed by atoms with Gasteiger partial charge in [0.2, 0.25) is 5.76 Å². The first kappa shape index (κ1) is 13.9. The highest BCUT2D eigenvalue weighted by molar-refractivity contribution is 5.84. The number of benzene rings is 1. The number of halogens is 1. The zero-order valence-corrected chi connectivity index (χ0v) is 11.0. The number of carbonyl (C=O) groups is 1. The van der Waals surface area contributed by atoms with Gasteiger partial charge >= 0.3 is 5.97 Å². The Balaban J connectivity index is 2.12. The third kappa shape index (κ3) is 2.90. The zero-order chi connectivity index (χ0) is 14.7. The molecule has 0 amide bonds. The molecule has 5 nitrogen and oxygen atoms in total. The number of carboxylic acid groups (broad SMARTS) is 1. The second-order valence-corrected chi connectivity index (χ2v) is 4.22. The fourth-order valence-corrected chi connectivity index (χ4v) is 1.78. The Bertz CT molecular complexity index is 623. The molecule has 0 saturated heterocycles. The van der Waals surface area contributed by atoms with Gasteiger partial charge in [-0.15, -0.1) is 0 Å². The first-order valence-corrected chi connectivity index (χ1v) is 5.94. The standard InChI is InChI=1S/C14H14FNO4/c1-8(11-5-6-13(20-11)14(17)18)16-9-3-4-12(19-2)10(15)7-9/h3-8,16H,1-2H3,(H,17,18). The normalized spacial score (nSPS) is 11.9. The maximum Gasteiger partial charge on any atom is 0.371 e. The van der Waals surface area contributed by atoms with Gasteiger partial charge in [-0.05, 0) is 31.2 Å². The van der Waals surface area contributed by atoms with Crippen molar-refractivity contribution in [1.82, 2.24) is 0 Å². The lowest BCUT2D eigenvalue weighted by Crippen LogP contribution is -2.06. The summed E-state index contributed by atoms with van der Waals surface area (Å²) in [5.74, 6) is -1.11. The SMILES string of the molecule is COc1ccc(NC(C)c2ccc(C(=O)O)o2)cc1F. The molecule has 0 fully saturated rings. The van der Waals surface area contributed by atoms with Crippen LogP contribution < -0.4 is 10.1 Å². The molecule has 20 heavy (non-hydrogen) atoms. The van der Waals surface area contributed by atoms with Gasteiger partial charge in [-0.3, -0.25) is 0 Å². The number of carboxylic acids is 1. The molecule has 0 aliphatic heterocycles. The van der Waals surface area contributed by atoms with Gasteiger partial charge in [-0.2, -0.15) is 0 Å². The van der Waals surface area contributed by atoms with E-state index in [1.807, 2.05) is 0 Å². The first-order valence-electron chi connectivity index (χ1n) is 5.94. The molecule has 1 atom stereocenters.